The van der Waals surface area contributed by atoms with Crippen LogP contribution in [0.15, 0.2) is 24.4 Å². The predicted molar refractivity (Wildman–Crippen MR) is 66.8 cm³/mol. The van der Waals surface area contributed by atoms with E-state index in [1.165, 1.54) is 23.0 Å². The molecule has 0 aliphatic carbocycles. The summed E-state index contributed by atoms with van der Waals surface area (Å²) in [4.78, 5) is 12.1. The van der Waals surface area contributed by atoms with Gasteiger partial charge in [-0.3, -0.25) is 9.48 Å². The molecule has 0 amide bonds. The fraction of sp³-hybridized carbons (Fsp3) is 0.231. The van der Waals surface area contributed by atoms with E-state index in [4.69, 9.17) is 5.73 Å². The lowest BCUT2D eigenvalue weighted by atomic mass is 10.0. The highest BCUT2D eigenvalue weighted by Crippen LogP contribution is 2.16. The third-order valence-electron chi connectivity index (χ3n) is 2.95. The second-order valence-electron chi connectivity index (χ2n) is 4.24. The molecule has 1 aromatic heterocycles. The van der Waals surface area contributed by atoms with Crippen molar-refractivity contribution in [1.82, 2.24) is 9.78 Å². The zero-order valence-corrected chi connectivity index (χ0v) is 10.3. The van der Waals surface area contributed by atoms with Crippen molar-refractivity contribution in [3.8, 4) is 0 Å². The lowest BCUT2D eigenvalue weighted by Crippen LogP contribution is -2.08. The number of Topliss-reactive ketones (excluding diaryl/α,β-unsaturated/α-hetero) is 1. The van der Waals surface area contributed by atoms with Crippen LogP contribution >= 0.6 is 0 Å². The van der Waals surface area contributed by atoms with Crippen LogP contribution in [0.2, 0.25) is 0 Å². The Kier molecular flexibility index (Phi) is 3.14. The van der Waals surface area contributed by atoms with E-state index < -0.39 is 0 Å². The maximum absolute atomic E-state index is 13.1. The van der Waals surface area contributed by atoms with Gasteiger partial charge in [-0.15, -0.1) is 0 Å². The molecule has 0 fully saturated rings. The lowest BCUT2D eigenvalue weighted by molar-refractivity contribution is 0.0993. The number of rotatable bonds is 3. The molecular formula is C13H14FN3O. The maximum Gasteiger partial charge on any atom is 0.172 e. The number of anilines is 1. The summed E-state index contributed by atoms with van der Waals surface area (Å²) in [5.41, 5.74) is 7.66. The molecule has 0 unspecified atom stereocenters. The second-order valence-corrected chi connectivity index (χ2v) is 4.24. The van der Waals surface area contributed by atoms with Gasteiger partial charge in [-0.05, 0) is 30.2 Å². The van der Waals surface area contributed by atoms with Crippen LogP contribution in [-0.4, -0.2) is 15.6 Å². The zero-order chi connectivity index (χ0) is 13.3. The number of nitrogens with zero attached hydrogens (tertiary/aromatic N) is 2. The van der Waals surface area contributed by atoms with E-state index in [1.807, 2.05) is 6.92 Å². The van der Waals surface area contributed by atoms with Gasteiger partial charge in [-0.2, -0.15) is 5.10 Å². The molecule has 2 rings (SSSR count). The molecule has 4 nitrogen and oxygen atoms in total. The molecule has 0 radical (unpaired) electrons. The number of benzene rings is 1. The molecule has 0 saturated heterocycles. The van der Waals surface area contributed by atoms with Crippen LogP contribution in [-0.2, 0) is 13.5 Å². The number of carbonyl (C=O) groups excluding carboxylic acids is 1. The fourth-order valence-electron chi connectivity index (χ4n) is 1.76. The molecule has 0 aliphatic rings. The van der Waals surface area contributed by atoms with Gasteiger partial charge in [0.1, 0.15) is 11.6 Å². The van der Waals surface area contributed by atoms with E-state index >= 15 is 0 Å². The zero-order valence-electron chi connectivity index (χ0n) is 10.3. The van der Waals surface area contributed by atoms with Crippen molar-refractivity contribution in [3.63, 3.8) is 0 Å². The highest BCUT2D eigenvalue weighted by atomic mass is 19.1. The highest BCUT2D eigenvalue weighted by Gasteiger charge is 2.15. The van der Waals surface area contributed by atoms with E-state index in [-0.39, 0.29) is 18.0 Å². The van der Waals surface area contributed by atoms with E-state index in [1.54, 1.807) is 13.1 Å². The van der Waals surface area contributed by atoms with Gasteiger partial charge in [0.05, 0.1) is 11.8 Å². The number of nitrogens with two attached hydrogens (primary N) is 1. The van der Waals surface area contributed by atoms with Crippen LogP contribution in [0.3, 0.4) is 0 Å². The summed E-state index contributed by atoms with van der Waals surface area (Å²) in [6.07, 6.45) is 1.56. The van der Waals surface area contributed by atoms with Crippen molar-refractivity contribution in [1.29, 1.82) is 0 Å². The van der Waals surface area contributed by atoms with Crippen LogP contribution in [0, 0.1) is 12.7 Å². The SMILES string of the molecule is Cc1ccc(F)cc1CC(=O)c1cnn(C)c1N. The Bertz CT molecular complexity index is 604. The molecule has 18 heavy (non-hydrogen) atoms. The molecule has 0 atom stereocenters. The first-order chi connectivity index (χ1) is 8.49. The van der Waals surface area contributed by atoms with Gasteiger partial charge >= 0.3 is 0 Å². The number of aryl methyl sites for hydroxylation is 2. The Morgan fingerprint density at radius 2 is 2.22 bits per heavy atom. The number of aromatic nitrogens is 2. The first-order valence-electron chi connectivity index (χ1n) is 5.54. The largest absolute Gasteiger partial charge is 0.383 e. The summed E-state index contributed by atoms with van der Waals surface area (Å²) in [7, 11) is 1.67. The highest BCUT2D eigenvalue weighted by molar-refractivity contribution is 6.01. The molecule has 1 heterocycles. The Morgan fingerprint density at radius 3 is 2.83 bits per heavy atom. The van der Waals surface area contributed by atoms with Gasteiger partial charge in [0.25, 0.3) is 0 Å². The van der Waals surface area contributed by atoms with Gasteiger partial charge in [0, 0.05) is 13.5 Å². The normalized spacial score (nSPS) is 10.6. The molecular weight excluding hydrogens is 233 g/mol. The van der Waals surface area contributed by atoms with E-state index in [2.05, 4.69) is 5.10 Å². The molecule has 5 heteroatoms. The molecule has 0 aliphatic heterocycles. The molecule has 2 aromatic rings. The molecule has 0 bridgehead atoms. The number of nitrogen functional groups attached to an aromatic ring is 1. The van der Waals surface area contributed by atoms with E-state index in [9.17, 15) is 9.18 Å². The van der Waals surface area contributed by atoms with Crippen molar-refractivity contribution in [2.75, 3.05) is 5.73 Å². The smallest absolute Gasteiger partial charge is 0.172 e. The van der Waals surface area contributed by atoms with Crippen molar-refractivity contribution in [3.05, 3.63) is 46.9 Å². The average Bonchev–Trinajstić information content (AvgIpc) is 2.65. The van der Waals surface area contributed by atoms with Gasteiger partial charge in [-0.1, -0.05) is 6.07 Å². The average molecular weight is 247 g/mol. The minimum absolute atomic E-state index is 0.124. The number of ketones is 1. The molecule has 94 valence electrons. The summed E-state index contributed by atoms with van der Waals surface area (Å²) >= 11 is 0. The number of carbonyl (C=O) groups is 1. The van der Waals surface area contributed by atoms with Crippen LogP contribution in [0.5, 0.6) is 0 Å². The minimum Gasteiger partial charge on any atom is -0.383 e. The standard InChI is InChI=1S/C13H14FN3O/c1-8-3-4-10(14)5-9(8)6-12(18)11-7-16-17(2)13(11)15/h3-5,7H,6,15H2,1-2H3. The fourth-order valence-corrected chi connectivity index (χ4v) is 1.76. The van der Waals surface area contributed by atoms with E-state index in [0.717, 1.165) is 5.56 Å². The number of halogens is 1. The molecule has 1 aromatic carbocycles. The number of hydrogen-bond acceptors (Lipinski definition) is 3. The summed E-state index contributed by atoms with van der Waals surface area (Å²) in [5, 5.41) is 3.92. The second kappa shape index (κ2) is 4.60. The number of hydrogen-bond donors (Lipinski definition) is 1. The van der Waals surface area contributed by atoms with Crippen LogP contribution in [0.1, 0.15) is 21.5 Å². The quantitative estimate of drug-likeness (QED) is 0.842. The summed E-state index contributed by atoms with van der Waals surface area (Å²) in [5.74, 6) is -0.175. The first-order valence-corrected chi connectivity index (χ1v) is 5.54. The van der Waals surface area contributed by atoms with Gasteiger partial charge in [0.15, 0.2) is 5.78 Å². The van der Waals surface area contributed by atoms with Gasteiger partial charge in [-0.25, -0.2) is 4.39 Å². The van der Waals surface area contributed by atoms with Crippen LogP contribution < -0.4 is 5.73 Å². The molecule has 2 N–H and O–H groups in total. The van der Waals surface area contributed by atoms with Crippen LogP contribution in [0.4, 0.5) is 10.2 Å². The lowest BCUT2D eigenvalue weighted by Gasteiger charge is -2.05. The maximum atomic E-state index is 13.1. The summed E-state index contributed by atoms with van der Waals surface area (Å²) < 4.78 is 14.6. The molecule has 0 saturated carbocycles. The van der Waals surface area contributed by atoms with Gasteiger partial charge in [0.2, 0.25) is 0 Å². The Morgan fingerprint density at radius 1 is 1.50 bits per heavy atom. The van der Waals surface area contributed by atoms with Crippen LogP contribution in [0.25, 0.3) is 0 Å². The van der Waals surface area contributed by atoms with Crippen molar-refractivity contribution in [2.24, 2.45) is 7.05 Å². The summed E-state index contributed by atoms with van der Waals surface area (Å²) in [6, 6.07) is 4.41. The monoisotopic (exact) mass is 247 g/mol. The third-order valence-corrected chi connectivity index (χ3v) is 2.95. The first kappa shape index (κ1) is 12.3. The molecule has 0 spiro atoms. The van der Waals surface area contributed by atoms with Gasteiger partial charge < -0.3 is 5.73 Å². The topological polar surface area (TPSA) is 60.9 Å². The van der Waals surface area contributed by atoms with Crippen molar-refractivity contribution < 1.29 is 9.18 Å². The minimum atomic E-state index is -0.345. The summed E-state index contributed by atoms with van der Waals surface area (Å²) in [6.45, 7) is 1.84. The Balaban J connectivity index is 2.27. The Hall–Kier alpha value is -2.17. The van der Waals surface area contributed by atoms with E-state index in [0.29, 0.717) is 16.9 Å². The predicted octanol–water partition coefficient (Wildman–Crippen LogP) is 1.88. The van der Waals surface area contributed by atoms with Crippen molar-refractivity contribution >= 4 is 11.6 Å². The third kappa shape index (κ3) is 2.25. The van der Waals surface area contributed by atoms with Crippen molar-refractivity contribution in [2.45, 2.75) is 13.3 Å². The Labute approximate surface area is 104 Å².